The summed E-state index contributed by atoms with van der Waals surface area (Å²) in [4.78, 5) is 23.7. The number of benzene rings is 1. The molecule has 0 unspecified atom stereocenters. The van der Waals surface area contributed by atoms with Crippen molar-refractivity contribution in [1.29, 1.82) is 0 Å². The molecular formula is C15H15N3O3. The lowest BCUT2D eigenvalue weighted by molar-refractivity contribution is -0.124. The molecule has 0 saturated heterocycles. The third-order valence-electron chi connectivity index (χ3n) is 2.91. The van der Waals surface area contributed by atoms with Crippen molar-refractivity contribution >= 4 is 16.7 Å². The van der Waals surface area contributed by atoms with Crippen molar-refractivity contribution in [2.75, 3.05) is 13.7 Å². The number of methoxy groups -OCH3 is 1. The van der Waals surface area contributed by atoms with Gasteiger partial charge < -0.3 is 10.1 Å². The highest BCUT2D eigenvalue weighted by atomic mass is 16.5. The first-order chi connectivity index (χ1) is 10.2. The molecule has 6 heteroatoms. The van der Waals surface area contributed by atoms with Gasteiger partial charge in [-0.25, -0.2) is 4.68 Å². The summed E-state index contributed by atoms with van der Waals surface area (Å²) >= 11 is 0. The van der Waals surface area contributed by atoms with Gasteiger partial charge in [-0.05, 0) is 6.07 Å². The van der Waals surface area contributed by atoms with Crippen LogP contribution in [0, 0.1) is 12.3 Å². The van der Waals surface area contributed by atoms with Crippen LogP contribution in [0.3, 0.4) is 0 Å². The number of hydrogen-bond acceptors (Lipinski definition) is 4. The molecule has 1 heterocycles. The second-order valence-electron chi connectivity index (χ2n) is 4.37. The molecule has 108 valence electrons. The maximum atomic E-state index is 12.2. The van der Waals surface area contributed by atoms with Gasteiger partial charge in [-0.15, -0.1) is 6.42 Å². The van der Waals surface area contributed by atoms with E-state index in [4.69, 9.17) is 11.2 Å². The predicted octanol–water partition coefficient (Wildman–Crippen LogP) is 0.292. The summed E-state index contributed by atoms with van der Waals surface area (Å²) in [5, 5.41) is 8.14. The Morgan fingerprint density at radius 2 is 2.14 bits per heavy atom. The van der Waals surface area contributed by atoms with Gasteiger partial charge in [0.2, 0.25) is 5.91 Å². The van der Waals surface area contributed by atoms with E-state index >= 15 is 0 Å². The highest BCUT2D eigenvalue weighted by molar-refractivity contribution is 5.84. The maximum absolute atomic E-state index is 12.2. The molecule has 0 spiro atoms. The van der Waals surface area contributed by atoms with Crippen molar-refractivity contribution in [2.24, 2.45) is 0 Å². The molecule has 1 aromatic heterocycles. The van der Waals surface area contributed by atoms with E-state index in [-0.39, 0.29) is 31.2 Å². The molecular weight excluding hydrogens is 270 g/mol. The lowest BCUT2D eigenvalue weighted by Crippen LogP contribution is -2.30. The molecule has 21 heavy (non-hydrogen) atoms. The summed E-state index contributed by atoms with van der Waals surface area (Å²) in [5.41, 5.74) is 0.348. The van der Waals surface area contributed by atoms with E-state index in [0.29, 0.717) is 16.5 Å². The van der Waals surface area contributed by atoms with E-state index in [0.717, 1.165) is 0 Å². The van der Waals surface area contributed by atoms with Gasteiger partial charge in [0.05, 0.1) is 17.6 Å². The topological polar surface area (TPSA) is 73.2 Å². The second kappa shape index (κ2) is 6.68. The van der Waals surface area contributed by atoms with Crippen molar-refractivity contribution in [3.8, 4) is 12.3 Å². The molecule has 1 aromatic carbocycles. The standard InChI is InChI=1S/C15H15N3O3/c1-3-8-18-15(20)12-7-5-4-6-11(12)13(17-18)9-16-14(19)10-21-2/h1,4-7H,8-10H2,2H3,(H,16,19). The summed E-state index contributed by atoms with van der Waals surface area (Å²) in [6.07, 6.45) is 5.25. The molecule has 0 atom stereocenters. The van der Waals surface area contributed by atoms with E-state index in [9.17, 15) is 9.59 Å². The molecule has 0 aliphatic rings. The molecule has 0 aliphatic heterocycles. The van der Waals surface area contributed by atoms with Crippen LogP contribution in [0.25, 0.3) is 10.8 Å². The number of rotatable bonds is 5. The van der Waals surface area contributed by atoms with E-state index in [2.05, 4.69) is 16.3 Å². The van der Waals surface area contributed by atoms with Gasteiger partial charge >= 0.3 is 0 Å². The van der Waals surface area contributed by atoms with Gasteiger partial charge in [0.15, 0.2) is 0 Å². The Kier molecular flexibility index (Phi) is 4.69. The van der Waals surface area contributed by atoms with Crippen LogP contribution in [-0.2, 0) is 22.6 Å². The van der Waals surface area contributed by atoms with Crippen LogP contribution in [0.5, 0.6) is 0 Å². The Balaban J connectivity index is 2.42. The van der Waals surface area contributed by atoms with Gasteiger partial charge in [0.1, 0.15) is 13.2 Å². The molecule has 1 amide bonds. The van der Waals surface area contributed by atoms with Gasteiger partial charge in [0, 0.05) is 12.5 Å². The molecule has 0 fully saturated rings. The summed E-state index contributed by atoms with van der Waals surface area (Å²) in [7, 11) is 1.44. The minimum absolute atomic E-state index is 0.0259. The van der Waals surface area contributed by atoms with E-state index in [1.54, 1.807) is 18.2 Å². The Morgan fingerprint density at radius 3 is 2.81 bits per heavy atom. The molecule has 0 bridgehead atoms. The number of nitrogens with one attached hydrogen (secondary N) is 1. The minimum Gasteiger partial charge on any atom is -0.375 e. The summed E-state index contributed by atoms with van der Waals surface area (Å²) < 4.78 is 5.97. The molecule has 1 N–H and O–H groups in total. The van der Waals surface area contributed by atoms with Crippen LogP contribution >= 0.6 is 0 Å². The number of amides is 1. The fourth-order valence-corrected chi connectivity index (χ4v) is 1.99. The SMILES string of the molecule is C#CCn1nc(CNC(=O)COC)c2ccccc2c1=O. The number of carbonyl (C=O) groups is 1. The van der Waals surface area contributed by atoms with Crippen LogP contribution in [0.1, 0.15) is 5.69 Å². The van der Waals surface area contributed by atoms with Crippen LogP contribution < -0.4 is 10.9 Å². The van der Waals surface area contributed by atoms with Crippen molar-refractivity contribution in [3.05, 3.63) is 40.3 Å². The Bertz CT molecular complexity index is 759. The van der Waals surface area contributed by atoms with Gasteiger partial charge in [0.25, 0.3) is 5.56 Å². The lowest BCUT2D eigenvalue weighted by Gasteiger charge is -2.10. The largest absolute Gasteiger partial charge is 0.375 e. The number of hydrogen-bond donors (Lipinski definition) is 1. The number of nitrogens with zero attached hydrogens (tertiary/aromatic N) is 2. The van der Waals surface area contributed by atoms with Crippen LogP contribution in [0.15, 0.2) is 29.1 Å². The van der Waals surface area contributed by atoms with Crippen LogP contribution in [0.4, 0.5) is 0 Å². The highest BCUT2D eigenvalue weighted by Crippen LogP contribution is 2.12. The quantitative estimate of drug-likeness (QED) is 0.802. The minimum atomic E-state index is -0.252. The van der Waals surface area contributed by atoms with E-state index in [1.165, 1.54) is 11.8 Å². The monoisotopic (exact) mass is 285 g/mol. The van der Waals surface area contributed by atoms with Gasteiger partial charge in [-0.3, -0.25) is 9.59 Å². The first-order valence-corrected chi connectivity index (χ1v) is 6.35. The maximum Gasteiger partial charge on any atom is 0.275 e. The Labute approximate surface area is 121 Å². The van der Waals surface area contributed by atoms with Crippen molar-refractivity contribution in [2.45, 2.75) is 13.1 Å². The lowest BCUT2D eigenvalue weighted by atomic mass is 10.1. The third kappa shape index (κ3) is 3.27. The predicted molar refractivity (Wildman–Crippen MR) is 78.6 cm³/mol. The fourth-order valence-electron chi connectivity index (χ4n) is 1.99. The zero-order chi connectivity index (χ0) is 15.2. The van der Waals surface area contributed by atoms with Gasteiger partial charge in [-0.2, -0.15) is 5.10 Å². The Hall–Kier alpha value is -2.65. The molecule has 2 aromatic rings. The normalized spacial score (nSPS) is 10.3. The molecule has 2 rings (SSSR count). The van der Waals surface area contributed by atoms with E-state index < -0.39 is 0 Å². The average molecular weight is 285 g/mol. The zero-order valence-corrected chi connectivity index (χ0v) is 11.6. The summed E-state index contributed by atoms with van der Waals surface area (Å²) in [5.74, 6) is 2.14. The molecule has 0 aliphatic carbocycles. The van der Waals surface area contributed by atoms with Gasteiger partial charge in [-0.1, -0.05) is 24.1 Å². The zero-order valence-electron chi connectivity index (χ0n) is 11.6. The fraction of sp³-hybridized carbons (Fsp3) is 0.267. The number of aromatic nitrogens is 2. The highest BCUT2D eigenvalue weighted by Gasteiger charge is 2.10. The van der Waals surface area contributed by atoms with Crippen LogP contribution in [-0.4, -0.2) is 29.4 Å². The first kappa shape index (κ1) is 14.8. The second-order valence-corrected chi connectivity index (χ2v) is 4.37. The molecule has 6 nitrogen and oxygen atoms in total. The first-order valence-electron chi connectivity index (χ1n) is 6.35. The number of carbonyl (C=O) groups excluding carboxylic acids is 1. The molecule has 0 saturated carbocycles. The average Bonchev–Trinajstić information content (AvgIpc) is 2.49. The van der Waals surface area contributed by atoms with Crippen LogP contribution in [0.2, 0.25) is 0 Å². The number of terminal acetylenes is 1. The summed E-state index contributed by atoms with van der Waals surface area (Å²) in [6.45, 7) is 0.262. The Morgan fingerprint density at radius 1 is 1.43 bits per heavy atom. The number of ether oxygens (including phenoxy) is 1. The number of fused-ring (bicyclic) bond motifs is 1. The van der Waals surface area contributed by atoms with Crippen molar-refractivity contribution in [1.82, 2.24) is 15.1 Å². The molecule has 0 radical (unpaired) electrons. The van der Waals surface area contributed by atoms with Crippen molar-refractivity contribution < 1.29 is 9.53 Å². The summed E-state index contributed by atoms with van der Waals surface area (Å²) in [6, 6.07) is 7.10. The van der Waals surface area contributed by atoms with Crippen molar-refractivity contribution in [3.63, 3.8) is 0 Å². The smallest absolute Gasteiger partial charge is 0.275 e. The third-order valence-corrected chi connectivity index (χ3v) is 2.91. The van der Waals surface area contributed by atoms with E-state index in [1.807, 2.05) is 6.07 Å².